The summed E-state index contributed by atoms with van der Waals surface area (Å²) in [5.41, 5.74) is 0.504. The van der Waals surface area contributed by atoms with E-state index in [0.717, 1.165) is 54.6 Å². The van der Waals surface area contributed by atoms with E-state index >= 15 is 0 Å². The molecule has 0 amide bonds. The maximum Gasteiger partial charge on any atom is 0.332 e. The second-order valence-corrected chi connectivity index (χ2v) is 9.33. The molecule has 162 valence electrons. The minimum Gasteiger partial charge on any atom is -0.481 e. The molecule has 2 aliphatic heterocycles. The molecular formula is C21H24N6O3S. The molecular weight excluding hydrogens is 416 g/mol. The molecule has 31 heavy (non-hydrogen) atoms. The Morgan fingerprint density at radius 3 is 2.81 bits per heavy atom. The summed E-state index contributed by atoms with van der Waals surface area (Å²) in [6.45, 7) is 5.07. The first-order valence-electron chi connectivity index (χ1n) is 10.3. The molecule has 5 heterocycles. The molecule has 2 aliphatic rings. The molecule has 0 radical (unpaired) electrons. The molecule has 3 aromatic rings. The number of likely N-dealkylation sites (tertiary alicyclic amines) is 1. The van der Waals surface area contributed by atoms with Gasteiger partial charge in [0, 0.05) is 42.2 Å². The molecule has 0 aromatic carbocycles. The lowest BCUT2D eigenvalue weighted by molar-refractivity contribution is 0.290. The van der Waals surface area contributed by atoms with Crippen molar-refractivity contribution in [3.63, 3.8) is 0 Å². The third kappa shape index (κ3) is 3.49. The summed E-state index contributed by atoms with van der Waals surface area (Å²) in [6.07, 6.45) is 3.44. The Morgan fingerprint density at radius 2 is 2.03 bits per heavy atom. The van der Waals surface area contributed by atoms with Gasteiger partial charge >= 0.3 is 11.1 Å². The highest BCUT2D eigenvalue weighted by Crippen LogP contribution is 2.41. The largest absolute Gasteiger partial charge is 0.481 e. The second kappa shape index (κ2) is 7.69. The second-order valence-electron chi connectivity index (χ2n) is 8.26. The van der Waals surface area contributed by atoms with E-state index < -0.39 is 11.1 Å². The summed E-state index contributed by atoms with van der Waals surface area (Å²) >= 11 is 1.52. The van der Waals surface area contributed by atoms with E-state index in [0.29, 0.717) is 12.4 Å². The Bertz CT molecular complexity index is 1250. The van der Waals surface area contributed by atoms with Crippen molar-refractivity contribution >= 4 is 11.3 Å². The normalized spacial score (nSPS) is 20.5. The molecule has 5 rings (SSSR count). The number of hydrogen-bond acceptors (Lipinski definition) is 8. The van der Waals surface area contributed by atoms with Gasteiger partial charge in [-0.3, -0.25) is 19.1 Å². The van der Waals surface area contributed by atoms with Crippen molar-refractivity contribution < 1.29 is 4.74 Å². The summed E-state index contributed by atoms with van der Waals surface area (Å²) < 4.78 is 8.27. The molecule has 9 nitrogen and oxygen atoms in total. The fraction of sp³-hybridized carbons (Fsp3) is 0.476. The van der Waals surface area contributed by atoms with Gasteiger partial charge in [-0.05, 0) is 32.4 Å². The van der Waals surface area contributed by atoms with Gasteiger partial charge in [0.05, 0.1) is 24.4 Å². The Morgan fingerprint density at radius 1 is 1.19 bits per heavy atom. The number of pyridine rings is 1. The predicted octanol–water partition coefficient (Wildman–Crippen LogP) is 1.17. The number of fused-ring (bicyclic) bond motifs is 2. The SMILES string of the molecule is COc1ncccc1CN1CC[C@@]2(CCn3c2nn(Cc2csc(C)n2)c(=O)c3=O)C1. The van der Waals surface area contributed by atoms with Crippen molar-refractivity contribution in [1.82, 2.24) is 29.2 Å². The smallest absolute Gasteiger partial charge is 0.332 e. The summed E-state index contributed by atoms with van der Waals surface area (Å²) in [5, 5.41) is 7.53. The predicted molar refractivity (Wildman–Crippen MR) is 116 cm³/mol. The number of rotatable bonds is 5. The van der Waals surface area contributed by atoms with Crippen LogP contribution in [0.1, 0.15) is 34.9 Å². The quantitative estimate of drug-likeness (QED) is 0.550. The minimum atomic E-state index is -0.582. The van der Waals surface area contributed by atoms with E-state index in [-0.39, 0.29) is 12.0 Å². The van der Waals surface area contributed by atoms with Crippen molar-refractivity contribution in [2.75, 3.05) is 20.2 Å². The van der Waals surface area contributed by atoms with Gasteiger partial charge in [0.2, 0.25) is 5.88 Å². The van der Waals surface area contributed by atoms with Gasteiger partial charge in [0.1, 0.15) is 5.82 Å². The van der Waals surface area contributed by atoms with Crippen LogP contribution in [0.3, 0.4) is 0 Å². The average Bonchev–Trinajstić information content (AvgIpc) is 3.47. The fourth-order valence-corrected chi connectivity index (χ4v) is 5.37. The first kappa shape index (κ1) is 20.1. The monoisotopic (exact) mass is 440 g/mol. The molecule has 1 atom stereocenters. The van der Waals surface area contributed by atoms with Crippen molar-refractivity contribution in [1.29, 1.82) is 0 Å². The van der Waals surface area contributed by atoms with Crippen LogP contribution in [-0.4, -0.2) is 49.4 Å². The summed E-state index contributed by atoms with van der Waals surface area (Å²) in [6, 6.07) is 3.93. The molecule has 0 aliphatic carbocycles. The molecule has 0 unspecified atom stereocenters. The van der Waals surface area contributed by atoms with Crippen LogP contribution in [0.2, 0.25) is 0 Å². The van der Waals surface area contributed by atoms with Gasteiger partial charge in [-0.25, -0.2) is 14.6 Å². The topological polar surface area (TPSA) is 95.1 Å². The third-order valence-electron chi connectivity index (χ3n) is 6.27. The summed E-state index contributed by atoms with van der Waals surface area (Å²) in [7, 11) is 1.63. The lowest BCUT2D eigenvalue weighted by atomic mass is 9.85. The van der Waals surface area contributed by atoms with Crippen LogP contribution >= 0.6 is 11.3 Å². The van der Waals surface area contributed by atoms with Crippen LogP contribution in [0.15, 0.2) is 33.3 Å². The lowest BCUT2D eigenvalue weighted by Crippen LogP contribution is -2.45. The summed E-state index contributed by atoms with van der Waals surface area (Å²) in [4.78, 5) is 36.5. The highest BCUT2D eigenvalue weighted by molar-refractivity contribution is 7.09. The van der Waals surface area contributed by atoms with Crippen LogP contribution in [0.5, 0.6) is 5.88 Å². The average molecular weight is 441 g/mol. The van der Waals surface area contributed by atoms with Crippen molar-refractivity contribution in [3.8, 4) is 5.88 Å². The molecule has 0 saturated carbocycles. The minimum absolute atomic E-state index is 0.220. The van der Waals surface area contributed by atoms with Gasteiger partial charge in [0.15, 0.2) is 0 Å². The number of hydrogen-bond donors (Lipinski definition) is 0. The fourth-order valence-electron chi connectivity index (χ4n) is 4.76. The van der Waals surface area contributed by atoms with Crippen molar-refractivity contribution in [2.24, 2.45) is 0 Å². The number of ether oxygens (including phenoxy) is 1. The van der Waals surface area contributed by atoms with E-state index in [1.165, 1.54) is 16.0 Å². The molecule has 10 heteroatoms. The third-order valence-corrected chi connectivity index (χ3v) is 7.09. The van der Waals surface area contributed by atoms with E-state index in [2.05, 4.69) is 14.9 Å². The van der Waals surface area contributed by atoms with E-state index in [4.69, 9.17) is 9.84 Å². The van der Waals surface area contributed by atoms with E-state index in [1.54, 1.807) is 17.9 Å². The van der Waals surface area contributed by atoms with E-state index in [9.17, 15) is 9.59 Å². The zero-order chi connectivity index (χ0) is 21.6. The Hall–Kier alpha value is -2.85. The Labute approximate surface area is 183 Å². The Kier molecular flexibility index (Phi) is 4.98. The highest BCUT2D eigenvalue weighted by Gasteiger charge is 2.47. The van der Waals surface area contributed by atoms with Crippen LogP contribution < -0.4 is 15.9 Å². The van der Waals surface area contributed by atoms with Gasteiger partial charge in [-0.1, -0.05) is 6.07 Å². The van der Waals surface area contributed by atoms with Gasteiger partial charge in [-0.2, -0.15) is 5.10 Å². The van der Waals surface area contributed by atoms with Gasteiger partial charge in [0.25, 0.3) is 0 Å². The maximum atomic E-state index is 12.8. The van der Waals surface area contributed by atoms with Crippen LogP contribution in [0, 0.1) is 6.92 Å². The van der Waals surface area contributed by atoms with Crippen LogP contribution in [-0.2, 0) is 25.0 Å². The first-order valence-corrected chi connectivity index (χ1v) is 11.2. The number of nitrogens with zero attached hydrogens (tertiary/aromatic N) is 6. The zero-order valence-electron chi connectivity index (χ0n) is 17.6. The van der Waals surface area contributed by atoms with Gasteiger partial charge < -0.3 is 4.74 Å². The maximum absolute atomic E-state index is 12.8. The summed E-state index contributed by atoms with van der Waals surface area (Å²) in [5.74, 6) is 1.36. The van der Waals surface area contributed by atoms with Crippen molar-refractivity contribution in [2.45, 2.75) is 44.8 Å². The molecule has 3 aromatic heterocycles. The first-order chi connectivity index (χ1) is 15.0. The number of thiazole rings is 1. The highest BCUT2D eigenvalue weighted by atomic mass is 32.1. The molecule has 0 bridgehead atoms. The van der Waals surface area contributed by atoms with Crippen molar-refractivity contribution in [3.05, 3.63) is 66.5 Å². The number of aryl methyl sites for hydroxylation is 1. The molecule has 1 spiro atoms. The van der Waals surface area contributed by atoms with E-state index in [1.807, 2.05) is 24.4 Å². The Balaban J connectivity index is 1.44. The standard InChI is InChI=1S/C21H24N6O3S/c1-14-23-16(12-31-14)11-27-19(29)18(28)26-9-6-21(20(26)24-27)5-8-25(13-21)10-15-4-3-7-22-17(15)30-2/h3-4,7,12H,5-6,8-11,13H2,1-2H3/t21-/m1/s1. The lowest BCUT2D eigenvalue weighted by Gasteiger charge is -2.24. The molecule has 0 N–H and O–H groups in total. The van der Waals surface area contributed by atoms with Crippen LogP contribution in [0.4, 0.5) is 0 Å². The zero-order valence-corrected chi connectivity index (χ0v) is 18.4. The molecule has 1 saturated heterocycles. The number of aromatic nitrogens is 5. The molecule has 1 fully saturated rings. The van der Waals surface area contributed by atoms with Gasteiger partial charge in [-0.15, -0.1) is 11.3 Å². The number of methoxy groups -OCH3 is 1. The van der Waals surface area contributed by atoms with Crippen LogP contribution in [0.25, 0.3) is 0 Å².